The number of nitrogens with two attached hydrogens (primary N) is 1. The Morgan fingerprint density at radius 1 is 0.824 bits per heavy atom. The molecule has 90 valence electrons. The Hall–Kier alpha value is -2.00. The first-order valence-corrected chi connectivity index (χ1v) is 4.94. The number of rotatable bonds is 2. The van der Waals surface area contributed by atoms with E-state index in [4.69, 9.17) is 5.41 Å². The first kappa shape index (κ1) is 15.0. The normalized spacial score (nSPS) is 8.00. The summed E-state index contributed by atoms with van der Waals surface area (Å²) >= 11 is 0. The first-order valence-electron chi connectivity index (χ1n) is 4.94. The van der Waals surface area contributed by atoms with E-state index in [1.165, 1.54) is 0 Å². The van der Waals surface area contributed by atoms with Crippen molar-refractivity contribution in [2.75, 3.05) is 5.32 Å². The van der Waals surface area contributed by atoms with Gasteiger partial charge in [-0.1, -0.05) is 36.4 Å². The molecule has 0 unspecified atom stereocenters. The number of halogens is 1. The maximum Gasteiger partial charge on any atom is 0.0765 e. The molecule has 0 radical (unpaired) electrons. The second-order valence-electron chi connectivity index (χ2n) is 3.02. The maximum absolute atomic E-state index is 5.86. The Bertz CT molecular complexity index is 366. The van der Waals surface area contributed by atoms with Crippen LogP contribution in [0.1, 0.15) is 0 Å². The third-order valence-corrected chi connectivity index (χ3v) is 1.84. The summed E-state index contributed by atoms with van der Waals surface area (Å²) in [5.41, 5.74) is 6.63. The molecule has 0 aliphatic carbocycles. The number of hydrogen-bond acceptors (Lipinski definition) is 2. The van der Waals surface area contributed by atoms with Crippen molar-refractivity contribution in [2.45, 2.75) is 0 Å². The molecule has 0 saturated carbocycles. The van der Waals surface area contributed by atoms with Crippen molar-refractivity contribution < 1.29 is 0 Å². The lowest BCUT2D eigenvalue weighted by Gasteiger charge is -2.04. The van der Waals surface area contributed by atoms with Crippen molar-refractivity contribution in [1.29, 1.82) is 5.41 Å². The average Bonchev–Trinajstić information content (AvgIpc) is 2.33. The molecule has 0 amide bonds. The van der Waals surface area contributed by atoms with Crippen LogP contribution >= 0.6 is 12.4 Å². The zero-order chi connectivity index (χ0) is 11.6. The molecule has 4 N–H and O–H groups in total. The lowest BCUT2D eigenvalue weighted by Crippen LogP contribution is -1.87. The molecule has 3 nitrogen and oxygen atoms in total. The molecule has 2 aromatic carbocycles. The van der Waals surface area contributed by atoms with E-state index in [-0.39, 0.29) is 12.4 Å². The number of benzene rings is 2. The molecule has 0 bridgehead atoms. The molecule has 2 rings (SSSR count). The van der Waals surface area contributed by atoms with E-state index in [1.54, 1.807) is 0 Å². The van der Waals surface area contributed by atoms with Crippen LogP contribution in [0, 0.1) is 5.41 Å². The van der Waals surface area contributed by atoms with E-state index >= 15 is 0 Å². The fourth-order valence-corrected chi connectivity index (χ4v) is 1.21. The predicted octanol–water partition coefficient (Wildman–Crippen LogP) is 3.40. The van der Waals surface area contributed by atoms with Gasteiger partial charge in [-0.15, -0.1) is 12.4 Å². The van der Waals surface area contributed by atoms with Gasteiger partial charge in [-0.05, 0) is 24.3 Å². The maximum atomic E-state index is 5.86. The summed E-state index contributed by atoms with van der Waals surface area (Å²) in [4.78, 5) is 0. The second-order valence-corrected chi connectivity index (χ2v) is 3.02. The fraction of sp³-hybridized carbons (Fsp3) is 0. The molecule has 0 spiro atoms. The molecule has 0 atom stereocenters. The topological polar surface area (TPSA) is 61.9 Å². The third-order valence-electron chi connectivity index (χ3n) is 1.84. The minimum absolute atomic E-state index is 0. The summed E-state index contributed by atoms with van der Waals surface area (Å²) in [6, 6.07) is 20.3. The van der Waals surface area contributed by atoms with Crippen LogP contribution in [0.25, 0.3) is 0 Å². The van der Waals surface area contributed by atoms with Gasteiger partial charge < -0.3 is 11.1 Å². The molecular formula is C13H16ClN3. The number of para-hydroxylation sites is 2. The minimum Gasteiger partial charge on any atom is -0.390 e. The van der Waals surface area contributed by atoms with Gasteiger partial charge in [0.25, 0.3) is 0 Å². The Morgan fingerprint density at radius 2 is 1.12 bits per heavy atom. The van der Waals surface area contributed by atoms with Crippen LogP contribution < -0.4 is 11.1 Å². The zero-order valence-electron chi connectivity index (χ0n) is 9.34. The Labute approximate surface area is 108 Å². The molecule has 4 heteroatoms. The Balaban J connectivity index is 0.000000583. The molecule has 0 aliphatic rings. The van der Waals surface area contributed by atoms with E-state index in [2.05, 4.69) is 11.1 Å². The molecule has 0 fully saturated rings. The van der Waals surface area contributed by atoms with Crippen molar-refractivity contribution >= 4 is 30.1 Å². The van der Waals surface area contributed by atoms with E-state index < -0.39 is 0 Å². The SMILES string of the molecule is Cl.N=CN.c1ccc(Nc2ccccc2)cc1. The van der Waals surface area contributed by atoms with Crippen LogP contribution in [0.3, 0.4) is 0 Å². The lowest BCUT2D eigenvalue weighted by molar-refractivity contribution is 1.52. The van der Waals surface area contributed by atoms with Gasteiger partial charge in [0.05, 0.1) is 6.34 Å². The second kappa shape index (κ2) is 9.24. The monoisotopic (exact) mass is 249 g/mol. The summed E-state index contributed by atoms with van der Waals surface area (Å²) in [6.07, 6.45) is 0.750. The molecule has 2 aromatic rings. The van der Waals surface area contributed by atoms with E-state index in [0.29, 0.717) is 0 Å². The number of nitrogens with one attached hydrogen (secondary N) is 2. The smallest absolute Gasteiger partial charge is 0.0765 e. The van der Waals surface area contributed by atoms with Crippen molar-refractivity contribution in [3.8, 4) is 0 Å². The highest BCUT2D eigenvalue weighted by Gasteiger charge is 1.89. The van der Waals surface area contributed by atoms with Crippen molar-refractivity contribution in [1.82, 2.24) is 0 Å². The van der Waals surface area contributed by atoms with E-state index in [9.17, 15) is 0 Å². The van der Waals surface area contributed by atoms with Gasteiger partial charge >= 0.3 is 0 Å². The first-order chi connectivity index (χ1) is 7.86. The molecular weight excluding hydrogens is 234 g/mol. The predicted molar refractivity (Wildman–Crippen MR) is 76.4 cm³/mol. The van der Waals surface area contributed by atoms with Crippen LogP contribution in [0.2, 0.25) is 0 Å². The summed E-state index contributed by atoms with van der Waals surface area (Å²) < 4.78 is 0. The van der Waals surface area contributed by atoms with Crippen molar-refractivity contribution in [2.24, 2.45) is 5.73 Å². The third kappa shape index (κ3) is 6.22. The average molecular weight is 250 g/mol. The van der Waals surface area contributed by atoms with Gasteiger partial charge in [-0.3, -0.25) is 5.41 Å². The molecule has 0 saturated heterocycles. The summed E-state index contributed by atoms with van der Waals surface area (Å²) in [5, 5.41) is 9.16. The Kier molecular flexibility index (Phi) is 8.15. The summed E-state index contributed by atoms with van der Waals surface area (Å²) in [7, 11) is 0. The summed E-state index contributed by atoms with van der Waals surface area (Å²) in [6.45, 7) is 0. The highest BCUT2D eigenvalue weighted by atomic mass is 35.5. The van der Waals surface area contributed by atoms with Crippen LogP contribution in [-0.2, 0) is 0 Å². The van der Waals surface area contributed by atoms with Gasteiger partial charge in [0.1, 0.15) is 0 Å². The highest BCUT2D eigenvalue weighted by Crippen LogP contribution is 2.14. The van der Waals surface area contributed by atoms with Gasteiger partial charge in [0.15, 0.2) is 0 Å². The van der Waals surface area contributed by atoms with E-state index in [1.807, 2.05) is 60.7 Å². The minimum atomic E-state index is 0. The zero-order valence-corrected chi connectivity index (χ0v) is 10.2. The van der Waals surface area contributed by atoms with Gasteiger partial charge in [-0.2, -0.15) is 0 Å². The molecule has 0 aromatic heterocycles. The van der Waals surface area contributed by atoms with Crippen LogP contribution in [0.4, 0.5) is 11.4 Å². The Morgan fingerprint density at radius 3 is 1.41 bits per heavy atom. The van der Waals surface area contributed by atoms with Crippen molar-refractivity contribution in [3.05, 3.63) is 60.7 Å². The van der Waals surface area contributed by atoms with Crippen LogP contribution in [0.5, 0.6) is 0 Å². The quantitative estimate of drug-likeness (QED) is 0.564. The van der Waals surface area contributed by atoms with Crippen LogP contribution in [0.15, 0.2) is 60.7 Å². The lowest BCUT2D eigenvalue weighted by atomic mass is 10.3. The molecule has 0 heterocycles. The summed E-state index contributed by atoms with van der Waals surface area (Å²) in [5.74, 6) is 0. The largest absolute Gasteiger partial charge is 0.390 e. The fourth-order valence-electron chi connectivity index (χ4n) is 1.21. The van der Waals surface area contributed by atoms with Gasteiger partial charge in [-0.25, -0.2) is 0 Å². The molecule has 0 aliphatic heterocycles. The van der Waals surface area contributed by atoms with Crippen molar-refractivity contribution in [3.63, 3.8) is 0 Å². The van der Waals surface area contributed by atoms with Gasteiger partial charge in [0, 0.05) is 11.4 Å². The van der Waals surface area contributed by atoms with E-state index in [0.717, 1.165) is 17.7 Å². The molecule has 17 heavy (non-hydrogen) atoms. The number of hydrogen-bond donors (Lipinski definition) is 3. The van der Waals surface area contributed by atoms with Gasteiger partial charge in [0.2, 0.25) is 0 Å². The van der Waals surface area contributed by atoms with Crippen LogP contribution in [-0.4, -0.2) is 6.34 Å². The highest BCUT2D eigenvalue weighted by molar-refractivity contribution is 5.85. The number of anilines is 2. The standard InChI is InChI=1S/C12H11N.CH4N2.ClH/c1-3-7-11(8-4-1)13-12-9-5-2-6-10-12;2-1-3;/h1-10,13H;1H,(H3,2,3);1H.